The Bertz CT molecular complexity index is 1430. The molecule has 2 amide bonds. The van der Waals surface area contributed by atoms with E-state index in [0.29, 0.717) is 21.8 Å². The zero-order valence-electron chi connectivity index (χ0n) is 16.7. The number of carbonyl (C=O) groups is 3. The standard InChI is InChI=1S/C23H15ClN4O3S/c1-11(29)15-10-16(26-22(30)20-13-7-3-5-9-17(13)32-28-20)18-19(27-23(31)21(18)25-15)12-6-2-4-8-14(12)24/h2-10,19H,1H3,(H,27,31)(H,25,26,30). The lowest BCUT2D eigenvalue weighted by molar-refractivity contribution is 0.0955. The van der Waals surface area contributed by atoms with E-state index in [4.69, 9.17) is 11.6 Å². The molecule has 1 aliphatic rings. The molecule has 0 saturated carbocycles. The lowest BCUT2D eigenvalue weighted by atomic mass is 9.98. The molecule has 1 aliphatic heterocycles. The molecule has 5 rings (SSSR count). The van der Waals surface area contributed by atoms with Gasteiger partial charge in [0.25, 0.3) is 11.8 Å². The maximum absolute atomic E-state index is 13.2. The van der Waals surface area contributed by atoms with Crippen LogP contribution in [-0.2, 0) is 0 Å². The fourth-order valence-electron chi connectivity index (χ4n) is 3.75. The zero-order valence-corrected chi connectivity index (χ0v) is 18.3. The van der Waals surface area contributed by atoms with Gasteiger partial charge in [-0.25, -0.2) is 4.98 Å². The lowest BCUT2D eigenvalue weighted by Gasteiger charge is -2.17. The van der Waals surface area contributed by atoms with Gasteiger partial charge >= 0.3 is 0 Å². The number of nitrogens with one attached hydrogen (secondary N) is 2. The molecule has 3 heterocycles. The lowest BCUT2D eigenvalue weighted by Crippen LogP contribution is -2.21. The Hall–Kier alpha value is -3.62. The summed E-state index contributed by atoms with van der Waals surface area (Å²) < 4.78 is 5.17. The molecule has 0 saturated heterocycles. The fraction of sp³-hybridized carbons (Fsp3) is 0.0870. The van der Waals surface area contributed by atoms with Crippen molar-refractivity contribution in [1.29, 1.82) is 0 Å². The van der Waals surface area contributed by atoms with Crippen molar-refractivity contribution in [2.45, 2.75) is 13.0 Å². The highest BCUT2D eigenvalue weighted by Gasteiger charge is 2.36. The molecule has 2 N–H and O–H groups in total. The van der Waals surface area contributed by atoms with Crippen molar-refractivity contribution in [2.24, 2.45) is 0 Å². The Morgan fingerprint density at radius 1 is 1.12 bits per heavy atom. The average molecular weight is 463 g/mol. The van der Waals surface area contributed by atoms with Crippen molar-refractivity contribution in [3.8, 4) is 0 Å². The molecule has 158 valence electrons. The molecule has 2 aromatic carbocycles. The Kier molecular flexibility index (Phi) is 4.96. The number of ketones is 1. The second-order valence-electron chi connectivity index (χ2n) is 7.28. The summed E-state index contributed by atoms with van der Waals surface area (Å²) in [6, 6.07) is 15.4. The predicted octanol–water partition coefficient (Wildman–Crippen LogP) is 4.63. The van der Waals surface area contributed by atoms with E-state index < -0.39 is 17.9 Å². The van der Waals surface area contributed by atoms with Gasteiger partial charge in [0.2, 0.25) is 0 Å². The van der Waals surface area contributed by atoms with Gasteiger partial charge in [0.1, 0.15) is 17.1 Å². The topological polar surface area (TPSA) is 101 Å². The number of hydrogen-bond acceptors (Lipinski definition) is 6. The van der Waals surface area contributed by atoms with Crippen LogP contribution < -0.4 is 10.6 Å². The summed E-state index contributed by atoms with van der Waals surface area (Å²) in [6.45, 7) is 1.35. The first-order valence-corrected chi connectivity index (χ1v) is 10.9. The van der Waals surface area contributed by atoms with Crippen LogP contribution in [0, 0.1) is 0 Å². The molecule has 0 bridgehead atoms. The van der Waals surface area contributed by atoms with Crippen LogP contribution >= 0.6 is 23.1 Å². The van der Waals surface area contributed by atoms with Crippen LogP contribution in [0.3, 0.4) is 0 Å². The first-order chi connectivity index (χ1) is 15.4. The monoisotopic (exact) mass is 462 g/mol. The van der Waals surface area contributed by atoms with Gasteiger partial charge in [-0.3, -0.25) is 14.4 Å². The highest BCUT2D eigenvalue weighted by Crippen LogP contribution is 2.39. The summed E-state index contributed by atoms with van der Waals surface area (Å²) in [7, 11) is 0. The molecule has 7 nitrogen and oxygen atoms in total. The number of fused-ring (bicyclic) bond motifs is 2. The SMILES string of the molecule is CC(=O)c1cc(NC(=O)c2nsc3ccccc23)c2c(n1)C(=O)NC2c1ccccc1Cl. The minimum Gasteiger partial charge on any atom is -0.340 e. The first-order valence-electron chi connectivity index (χ1n) is 9.71. The van der Waals surface area contributed by atoms with Crippen LogP contribution in [0.25, 0.3) is 10.1 Å². The molecule has 1 atom stereocenters. The Balaban J connectivity index is 1.64. The second kappa shape index (κ2) is 7.81. The molecular formula is C23H15ClN4O3S. The summed E-state index contributed by atoms with van der Waals surface area (Å²) in [6.07, 6.45) is 0. The van der Waals surface area contributed by atoms with E-state index in [1.165, 1.54) is 24.5 Å². The normalized spacial score (nSPS) is 14.8. The number of anilines is 1. The van der Waals surface area contributed by atoms with Crippen molar-refractivity contribution in [2.75, 3.05) is 5.32 Å². The van der Waals surface area contributed by atoms with E-state index in [2.05, 4.69) is 20.0 Å². The molecule has 9 heteroatoms. The third-order valence-corrected chi connectivity index (χ3v) is 6.43. The molecule has 2 aromatic heterocycles. The van der Waals surface area contributed by atoms with Crippen molar-refractivity contribution < 1.29 is 14.4 Å². The Morgan fingerprint density at radius 3 is 2.66 bits per heavy atom. The Morgan fingerprint density at radius 2 is 1.88 bits per heavy atom. The van der Waals surface area contributed by atoms with Crippen LogP contribution in [0.5, 0.6) is 0 Å². The highest BCUT2D eigenvalue weighted by atomic mass is 35.5. The molecule has 0 aliphatic carbocycles. The Labute approximate surface area is 191 Å². The number of benzene rings is 2. The molecular weight excluding hydrogens is 448 g/mol. The van der Waals surface area contributed by atoms with Crippen LogP contribution in [-0.4, -0.2) is 27.0 Å². The number of pyridine rings is 1. The second-order valence-corrected chi connectivity index (χ2v) is 8.50. The highest BCUT2D eigenvalue weighted by molar-refractivity contribution is 7.13. The van der Waals surface area contributed by atoms with Gasteiger partial charge < -0.3 is 10.6 Å². The van der Waals surface area contributed by atoms with Crippen LogP contribution in [0.1, 0.15) is 55.6 Å². The van der Waals surface area contributed by atoms with E-state index in [1.54, 1.807) is 18.2 Å². The molecule has 4 aromatic rings. The van der Waals surface area contributed by atoms with Gasteiger partial charge in [-0.2, -0.15) is 4.37 Å². The van der Waals surface area contributed by atoms with Crippen LogP contribution in [0.15, 0.2) is 54.6 Å². The van der Waals surface area contributed by atoms with Gasteiger partial charge in [-0.15, -0.1) is 0 Å². The average Bonchev–Trinajstić information content (AvgIpc) is 3.36. The van der Waals surface area contributed by atoms with Gasteiger partial charge in [-0.1, -0.05) is 48.0 Å². The molecule has 1 unspecified atom stereocenters. The van der Waals surface area contributed by atoms with E-state index in [0.717, 1.165) is 10.1 Å². The van der Waals surface area contributed by atoms with Crippen LogP contribution in [0.2, 0.25) is 5.02 Å². The van der Waals surface area contributed by atoms with E-state index in [-0.39, 0.29) is 22.9 Å². The maximum atomic E-state index is 13.2. The van der Waals surface area contributed by atoms with Crippen molar-refractivity contribution in [3.63, 3.8) is 0 Å². The number of aromatic nitrogens is 2. The number of rotatable bonds is 4. The van der Waals surface area contributed by atoms with Crippen molar-refractivity contribution in [1.82, 2.24) is 14.7 Å². The van der Waals surface area contributed by atoms with Gasteiger partial charge in [0.15, 0.2) is 5.78 Å². The predicted molar refractivity (Wildman–Crippen MR) is 123 cm³/mol. The largest absolute Gasteiger partial charge is 0.340 e. The first kappa shape index (κ1) is 20.3. The smallest absolute Gasteiger partial charge is 0.276 e. The van der Waals surface area contributed by atoms with Crippen molar-refractivity contribution in [3.05, 3.63) is 87.8 Å². The third-order valence-electron chi connectivity index (χ3n) is 5.26. The minimum absolute atomic E-state index is 0.0807. The van der Waals surface area contributed by atoms with E-state index in [9.17, 15) is 14.4 Å². The molecule has 0 fully saturated rings. The number of amides is 2. The van der Waals surface area contributed by atoms with E-state index >= 15 is 0 Å². The number of nitrogens with zero attached hydrogens (tertiary/aromatic N) is 2. The number of carbonyl (C=O) groups excluding carboxylic acids is 3. The summed E-state index contributed by atoms with van der Waals surface area (Å²) in [4.78, 5) is 42.2. The third kappa shape index (κ3) is 3.34. The van der Waals surface area contributed by atoms with Crippen LogP contribution in [0.4, 0.5) is 5.69 Å². The van der Waals surface area contributed by atoms with E-state index in [1.807, 2.05) is 30.3 Å². The maximum Gasteiger partial charge on any atom is 0.276 e. The summed E-state index contributed by atoms with van der Waals surface area (Å²) >= 11 is 7.61. The van der Waals surface area contributed by atoms with Gasteiger partial charge in [0, 0.05) is 22.9 Å². The molecule has 32 heavy (non-hydrogen) atoms. The fourth-order valence-corrected chi connectivity index (χ4v) is 4.77. The number of hydrogen-bond donors (Lipinski definition) is 2. The summed E-state index contributed by atoms with van der Waals surface area (Å²) in [5.74, 6) is -1.21. The van der Waals surface area contributed by atoms with Crippen molar-refractivity contribution >= 4 is 56.5 Å². The quantitative estimate of drug-likeness (QED) is 0.430. The number of halogens is 1. The zero-order chi connectivity index (χ0) is 22.4. The van der Waals surface area contributed by atoms with Gasteiger partial charge in [-0.05, 0) is 35.3 Å². The van der Waals surface area contributed by atoms with Gasteiger partial charge in [0.05, 0.1) is 16.4 Å². The molecule has 0 spiro atoms. The summed E-state index contributed by atoms with van der Waals surface area (Å²) in [5.41, 5.74) is 1.87. The minimum atomic E-state index is -0.623. The molecule has 0 radical (unpaired) electrons. The number of Topliss-reactive ketones (excluding diaryl/α,β-unsaturated/α-hetero) is 1. The summed E-state index contributed by atoms with van der Waals surface area (Å²) in [5, 5.41) is 6.90.